The average Bonchev–Trinajstić information content (AvgIpc) is 2.85. The summed E-state index contributed by atoms with van der Waals surface area (Å²) < 4.78 is 14.5. The molecule has 2 rings (SSSR count). The van der Waals surface area contributed by atoms with Crippen LogP contribution in [0.3, 0.4) is 0 Å². The van der Waals surface area contributed by atoms with Crippen molar-refractivity contribution in [2.75, 3.05) is 25.6 Å². The van der Waals surface area contributed by atoms with Gasteiger partial charge in [-0.05, 0) is 6.92 Å². The molecular weight excluding hydrogens is 314 g/mol. The largest absolute Gasteiger partial charge is 0.396 e. The Kier molecular flexibility index (Phi) is 6.07. The van der Waals surface area contributed by atoms with Crippen LogP contribution >= 0.6 is 0 Å². The molecule has 4 N–H and O–H groups in total. The van der Waals surface area contributed by atoms with E-state index in [2.05, 4.69) is 16.5 Å². The summed E-state index contributed by atoms with van der Waals surface area (Å²) in [4.78, 5) is 18.6. The van der Waals surface area contributed by atoms with Gasteiger partial charge in [0.2, 0.25) is 12.3 Å². The molecule has 9 heteroatoms. The van der Waals surface area contributed by atoms with Crippen molar-refractivity contribution < 1.29 is 19.1 Å². The number of aryl methyl sites for hydroxylation is 1. The quantitative estimate of drug-likeness (QED) is 0.316. The van der Waals surface area contributed by atoms with Crippen LogP contribution in [-0.4, -0.2) is 45.6 Å². The fourth-order valence-corrected chi connectivity index (χ4v) is 2.38. The highest BCUT2D eigenvalue weighted by Gasteiger charge is 2.22. The van der Waals surface area contributed by atoms with Gasteiger partial charge in [-0.15, -0.1) is 6.58 Å². The van der Waals surface area contributed by atoms with Crippen LogP contribution in [0.2, 0.25) is 0 Å². The number of aromatic nitrogens is 4. The topological polar surface area (TPSA) is 119 Å². The molecule has 2 heterocycles. The zero-order chi connectivity index (χ0) is 17.7. The minimum atomic E-state index is -0.308. The summed E-state index contributed by atoms with van der Waals surface area (Å²) in [5.74, 6) is -0.117. The first kappa shape index (κ1) is 18.1. The molecule has 0 aliphatic rings. The number of nitrogen functional groups attached to an aromatic ring is 1. The van der Waals surface area contributed by atoms with Crippen molar-refractivity contribution in [2.45, 2.75) is 19.8 Å². The monoisotopic (exact) mass is 338 g/mol. The summed E-state index contributed by atoms with van der Waals surface area (Å²) in [6.07, 6.45) is 3.11. The molecule has 0 amide bonds. The molecule has 0 saturated carbocycles. The Labute approximate surface area is 139 Å². The highest BCUT2D eigenvalue weighted by atomic mass is 16.5. The van der Waals surface area contributed by atoms with Crippen molar-refractivity contribution in [1.82, 2.24) is 14.5 Å². The molecule has 0 radical (unpaired) electrons. The maximum Gasteiger partial charge on any atom is 0.304 e. The van der Waals surface area contributed by atoms with Crippen molar-refractivity contribution in [3.8, 4) is 0 Å². The van der Waals surface area contributed by atoms with Crippen LogP contribution in [0.15, 0.2) is 23.8 Å². The standard InChI is InChI=1S/C15H23N5O4/c1-4-5-23-7-11(6-21)10(2)24-9-20-8-19(3)12-13(20)17-15(16)18-14(12)22/h4,8,10-11,21H,1,5-7,9H2,2-3H3,(H2-,16,17,18,22)/p+1/t10-,11-/m1/s1. The average molecular weight is 338 g/mol. The maximum atomic E-state index is 12.0. The third kappa shape index (κ3) is 3.99. The second-order valence-corrected chi connectivity index (χ2v) is 5.59. The lowest BCUT2D eigenvalue weighted by molar-refractivity contribution is -0.646. The molecule has 24 heavy (non-hydrogen) atoms. The van der Waals surface area contributed by atoms with Gasteiger partial charge in [-0.1, -0.05) is 6.08 Å². The number of H-pyrrole nitrogens is 1. The van der Waals surface area contributed by atoms with Crippen molar-refractivity contribution in [2.24, 2.45) is 13.0 Å². The van der Waals surface area contributed by atoms with E-state index < -0.39 is 0 Å². The molecule has 0 unspecified atom stereocenters. The number of anilines is 1. The van der Waals surface area contributed by atoms with E-state index in [1.54, 1.807) is 28.6 Å². The van der Waals surface area contributed by atoms with E-state index in [4.69, 9.17) is 15.2 Å². The number of ether oxygens (including phenoxy) is 2. The highest BCUT2D eigenvalue weighted by molar-refractivity contribution is 5.66. The van der Waals surface area contributed by atoms with Crippen LogP contribution in [0.1, 0.15) is 6.92 Å². The molecule has 2 atom stereocenters. The van der Waals surface area contributed by atoms with Gasteiger partial charge >= 0.3 is 5.56 Å². The number of imidazole rings is 1. The lowest BCUT2D eigenvalue weighted by atomic mass is 10.1. The summed E-state index contributed by atoms with van der Waals surface area (Å²) in [7, 11) is 1.75. The Hall–Kier alpha value is -2.23. The lowest BCUT2D eigenvalue weighted by Gasteiger charge is -2.21. The third-order valence-electron chi connectivity index (χ3n) is 3.77. The van der Waals surface area contributed by atoms with Crippen LogP contribution < -0.4 is 15.9 Å². The van der Waals surface area contributed by atoms with Crippen molar-refractivity contribution in [3.63, 3.8) is 0 Å². The molecule has 0 bridgehead atoms. The van der Waals surface area contributed by atoms with Gasteiger partial charge in [0.25, 0.3) is 11.2 Å². The van der Waals surface area contributed by atoms with E-state index >= 15 is 0 Å². The number of nitrogens with zero attached hydrogens (tertiary/aromatic N) is 3. The zero-order valence-corrected chi connectivity index (χ0v) is 13.9. The second-order valence-electron chi connectivity index (χ2n) is 5.59. The second kappa shape index (κ2) is 8.04. The van der Waals surface area contributed by atoms with Gasteiger partial charge in [0.05, 0.1) is 33.0 Å². The predicted molar refractivity (Wildman–Crippen MR) is 88.1 cm³/mol. The Bertz CT molecular complexity index is 754. The first-order valence-electron chi connectivity index (χ1n) is 7.63. The zero-order valence-electron chi connectivity index (χ0n) is 13.9. The number of aliphatic hydroxyl groups is 1. The minimum absolute atomic E-state index is 0.0477. The number of hydrogen-bond donors (Lipinski definition) is 3. The van der Waals surface area contributed by atoms with Crippen molar-refractivity contribution in [3.05, 3.63) is 29.3 Å². The van der Waals surface area contributed by atoms with Gasteiger partial charge in [-0.3, -0.25) is 9.78 Å². The normalized spacial score (nSPS) is 14.0. The predicted octanol–water partition coefficient (Wildman–Crippen LogP) is -0.695. The van der Waals surface area contributed by atoms with Crippen molar-refractivity contribution >= 4 is 17.1 Å². The molecule has 0 spiro atoms. The Morgan fingerprint density at radius 2 is 2.38 bits per heavy atom. The SMILES string of the molecule is C=CCOC[C@@H](CO)[C@@H](C)OCn1c[n+](C)c2c(=O)[nH]c(N)nc21. The summed E-state index contributed by atoms with van der Waals surface area (Å²) in [6.45, 7) is 6.35. The van der Waals surface area contributed by atoms with E-state index in [9.17, 15) is 9.90 Å². The summed E-state index contributed by atoms with van der Waals surface area (Å²) >= 11 is 0. The van der Waals surface area contributed by atoms with Gasteiger partial charge < -0.3 is 20.3 Å². The summed E-state index contributed by atoms with van der Waals surface area (Å²) in [6, 6.07) is 0. The van der Waals surface area contributed by atoms with Crippen molar-refractivity contribution in [1.29, 1.82) is 0 Å². The number of nitrogens with two attached hydrogens (primary N) is 1. The lowest BCUT2D eigenvalue weighted by Crippen LogP contribution is -2.31. The number of rotatable bonds is 9. The minimum Gasteiger partial charge on any atom is -0.396 e. The molecule has 0 aliphatic carbocycles. The first-order valence-corrected chi connectivity index (χ1v) is 7.63. The molecule has 2 aromatic heterocycles. The number of nitrogens with one attached hydrogen (secondary N) is 1. The summed E-state index contributed by atoms with van der Waals surface area (Å²) in [5, 5.41) is 9.47. The van der Waals surface area contributed by atoms with Crippen LogP contribution in [0, 0.1) is 5.92 Å². The Morgan fingerprint density at radius 3 is 3.04 bits per heavy atom. The van der Waals surface area contributed by atoms with Gasteiger partial charge in [-0.25, -0.2) is 4.57 Å². The van der Waals surface area contributed by atoms with E-state index in [1.165, 1.54) is 0 Å². The van der Waals surface area contributed by atoms with Gasteiger partial charge in [0.1, 0.15) is 0 Å². The Balaban J connectivity index is 2.10. The molecular formula is C15H24N5O4+. The molecule has 0 saturated heterocycles. The number of aliphatic hydroxyl groups excluding tert-OH is 1. The number of hydrogen-bond acceptors (Lipinski definition) is 6. The molecule has 0 aromatic carbocycles. The van der Waals surface area contributed by atoms with Crippen LogP contribution in [0.25, 0.3) is 11.2 Å². The molecule has 132 valence electrons. The molecule has 2 aromatic rings. The van der Waals surface area contributed by atoms with Crippen LogP contribution in [0.4, 0.5) is 5.95 Å². The summed E-state index contributed by atoms with van der Waals surface area (Å²) in [5.41, 5.74) is 6.15. The number of aromatic amines is 1. The Morgan fingerprint density at radius 1 is 1.62 bits per heavy atom. The third-order valence-corrected chi connectivity index (χ3v) is 3.77. The van der Waals surface area contributed by atoms with Crippen LogP contribution in [-0.2, 0) is 23.3 Å². The molecule has 0 aliphatic heterocycles. The fourth-order valence-electron chi connectivity index (χ4n) is 2.38. The highest BCUT2D eigenvalue weighted by Crippen LogP contribution is 2.11. The van der Waals surface area contributed by atoms with E-state index in [1.807, 2.05) is 6.92 Å². The molecule has 9 nitrogen and oxygen atoms in total. The van der Waals surface area contributed by atoms with E-state index in [-0.39, 0.29) is 36.9 Å². The smallest absolute Gasteiger partial charge is 0.304 e. The molecule has 0 fully saturated rings. The van der Waals surface area contributed by atoms with E-state index in [0.29, 0.717) is 24.4 Å². The van der Waals surface area contributed by atoms with Crippen LogP contribution in [0.5, 0.6) is 0 Å². The maximum absolute atomic E-state index is 12.0. The van der Waals surface area contributed by atoms with Gasteiger partial charge in [-0.2, -0.15) is 9.55 Å². The van der Waals surface area contributed by atoms with Gasteiger partial charge in [0, 0.05) is 5.92 Å². The fraction of sp³-hybridized carbons (Fsp3) is 0.533. The van der Waals surface area contributed by atoms with Gasteiger partial charge in [0.15, 0.2) is 6.73 Å². The number of fused-ring (bicyclic) bond motifs is 1. The van der Waals surface area contributed by atoms with E-state index in [0.717, 1.165) is 0 Å². The first-order chi connectivity index (χ1) is 11.5.